The van der Waals surface area contributed by atoms with E-state index < -0.39 is 8.69 Å². The van der Waals surface area contributed by atoms with E-state index in [9.17, 15) is 0 Å². The second kappa shape index (κ2) is 10.8. The summed E-state index contributed by atoms with van der Waals surface area (Å²) in [7, 11) is -1.50. The van der Waals surface area contributed by atoms with Crippen molar-refractivity contribution in [2.24, 2.45) is 0 Å². The third kappa shape index (κ3) is 85.9. The molecule has 1 unspecified atom stereocenters. The molecule has 1 atom stereocenters. The van der Waals surface area contributed by atoms with Crippen molar-refractivity contribution in [3.8, 4) is 0 Å². The highest BCUT2D eigenvalue weighted by atomic mass is 31.1. The van der Waals surface area contributed by atoms with Crippen LogP contribution in [0.2, 0.25) is 0 Å². The lowest BCUT2D eigenvalue weighted by Crippen LogP contribution is -1.03. The molecule has 0 aromatic carbocycles. The summed E-state index contributed by atoms with van der Waals surface area (Å²) in [5.74, 6) is 0. The molecule has 0 aromatic heterocycles. The maximum Gasteiger partial charge on any atom is 0.177 e. The lowest BCUT2D eigenvalue weighted by Gasteiger charge is -1.33. The molecule has 2 nitrogen and oxygen atoms in total. The summed E-state index contributed by atoms with van der Waals surface area (Å²) in [6.45, 7) is 0. The van der Waals surface area contributed by atoms with Crippen LogP contribution in [-0.4, -0.2) is 4.89 Å². The Balaban J connectivity index is 0. The van der Waals surface area contributed by atoms with Gasteiger partial charge in [0.1, 0.15) is 0 Å². The van der Waals surface area contributed by atoms with Crippen LogP contribution >= 0.6 is 8.69 Å². The Hall–Kier alpha value is 0.190. The first-order valence-electron chi connectivity index (χ1n) is 0.494. The molecule has 0 heterocycles. The molecule has 28 valence electrons. The molecule has 0 radical (unpaired) electrons. The highest BCUT2D eigenvalue weighted by Crippen LogP contribution is 1.66. The monoisotopic (exact) mass is 82.0 g/mol. The van der Waals surface area contributed by atoms with Gasteiger partial charge >= 0.3 is 0 Å². The van der Waals surface area contributed by atoms with Crippen LogP contribution < -0.4 is 0 Å². The van der Waals surface area contributed by atoms with E-state index in [2.05, 4.69) is 0 Å². The first kappa shape index (κ1) is 8.89. The molecule has 0 saturated heterocycles. The molecular formula is CH7O2P. The lowest BCUT2D eigenvalue weighted by molar-refractivity contribution is 0.524. The van der Waals surface area contributed by atoms with Crippen LogP contribution in [0.25, 0.3) is 0 Å². The summed E-state index contributed by atoms with van der Waals surface area (Å²) in [5, 5.41) is 0. The summed E-state index contributed by atoms with van der Waals surface area (Å²) in [5.41, 5.74) is 0. The molecule has 4 heavy (non-hydrogen) atoms. The van der Waals surface area contributed by atoms with Crippen molar-refractivity contribution < 1.29 is 9.46 Å². The van der Waals surface area contributed by atoms with Gasteiger partial charge in [-0.3, -0.25) is 4.57 Å². The fourth-order valence-electron chi connectivity index (χ4n) is 0. The summed E-state index contributed by atoms with van der Waals surface area (Å²) >= 11 is 0. The number of hydrogen-bond donors (Lipinski definition) is 1. The Kier molecular flexibility index (Phi) is 24.0. The standard InChI is InChI=1S/CH4.H3O2P/c;1-3-2/h1H4;3H2,(H,1,2). The molecule has 1 N–H and O–H groups in total. The van der Waals surface area contributed by atoms with E-state index in [4.69, 9.17) is 9.46 Å². The molecule has 0 aromatic rings. The van der Waals surface area contributed by atoms with E-state index >= 15 is 0 Å². The maximum atomic E-state index is 8.57. The van der Waals surface area contributed by atoms with Gasteiger partial charge < -0.3 is 4.89 Å². The number of rotatable bonds is 0. The Morgan fingerprint density at radius 2 is 1.75 bits per heavy atom. The van der Waals surface area contributed by atoms with Gasteiger partial charge in [0.2, 0.25) is 0 Å². The highest BCUT2D eigenvalue weighted by molar-refractivity contribution is 7.16. The molecular weight excluding hydrogens is 75.0 g/mol. The van der Waals surface area contributed by atoms with E-state index in [0.717, 1.165) is 0 Å². The van der Waals surface area contributed by atoms with E-state index in [1.807, 2.05) is 0 Å². The normalized spacial score (nSPS) is 7.25. The third-order valence-electron chi connectivity index (χ3n) is 0. The zero-order valence-electron chi connectivity index (χ0n) is 1.43. The highest BCUT2D eigenvalue weighted by Gasteiger charge is 1.17. The van der Waals surface area contributed by atoms with Crippen molar-refractivity contribution in [1.29, 1.82) is 0 Å². The van der Waals surface area contributed by atoms with Gasteiger partial charge in [0.15, 0.2) is 8.69 Å². The van der Waals surface area contributed by atoms with Crippen molar-refractivity contribution in [2.75, 3.05) is 0 Å². The molecule has 3 heteroatoms. The average Bonchev–Trinajstić information content (AvgIpc) is 0.918. The van der Waals surface area contributed by atoms with Crippen molar-refractivity contribution >= 4 is 8.69 Å². The summed E-state index contributed by atoms with van der Waals surface area (Å²) in [6, 6.07) is 0. The van der Waals surface area contributed by atoms with Crippen LogP contribution in [-0.2, 0) is 4.57 Å². The van der Waals surface area contributed by atoms with Crippen molar-refractivity contribution in [1.82, 2.24) is 0 Å². The van der Waals surface area contributed by atoms with Gasteiger partial charge in [-0.1, -0.05) is 7.43 Å². The lowest BCUT2D eigenvalue weighted by atomic mass is 12.0. The minimum atomic E-state index is -1.50. The second-order valence-electron chi connectivity index (χ2n) is 0.105. The number of hydrogen-bond acceptors (Lipinski definition) is 1. The molecule has 0 rings (SSSR count). The zero-order chi connectivity index (χ0) is 2.71. The first-order chi connectivity index (χ1) is 1.41. The molecule has 0 saturated carbocycles. The van der Waals surface area contributed by atoms with Gasteiger partial charge in [-0.05, 0) is 0 Å². The molecule has 0 aliphatic carbocycles. The predicted molar refractivity (Wildman–Crippen MR) is 19.3 cm³/mol. The third-order valence-corrected chi connectivity index (χ3v) is 0. The van der Waals surface area contributed by atoms with Gasteiger partial charge in [0.25, 0.3) is 0 Å². The average molecular weight is 82.0 g/mol. The first-order valence-corrected chi connectivity index (χ1v) is 1.48. The smallest absolute Gasteiger partial charge is 0.177 e. The predicted octanol–water partition coefficient (Wildman–Crippen LogP) is 0.286. The van der Waals surface area contributed by atoms with Gasteiger partial charge in [0.05, 0.1) is 0 Å². The van der Waals surface area contributed by atoms with Crippen molar-refractivity contribution in [3.05, 3.63) is 0 Å². The fourth-order valence-corrected chi connectivity index (χ4v) is 0. The fraction of sp³-hybridized carbons (Fsp3) is 1.00. The van der Waals surface area contributed by atoms with Crippen molar-refractivity contribution in [2.45, 2.75) is 7.43 Å². The molecule has 0 aliphatic rings. The molecule has 0 aliphatic heterocycles. The molecule has 0 bridgehead atoms. The van der Waals surface area contributed by atoms with Gasteiger partial charge in [0, 0.05) is 0 Å². The van der Waals surface area contributed by atoms with Gasteiger partial charge in [-0.2, -0.15) is 0 Å². The van der Waals surface area contributed by atoms with E-state index in [0.29, 0.717) is 0 Å². The van der Waals surface area contributed by atoms with Crippen LogP contribution in [0.1, 0.15) is 7.43 Å². The Bertz CT molecular complexity index is 13.5. The zero-order valence-corrected chi connectivity index (χ0v) is 2.59. The largest absolute Gasteiger partial charge is 0.348 e. The van der Waals surface area contributed by atoms with E-state index in [-0.39, 0.29) is 7.43 Å². The Labute approximate surface area is 26.7 Å². The van der Waals surface area contributed by atoms with Crippen LogP contribution in [0, 0.1) is 0 Å². The maximum absolute atomic E-state index is 8.57. The van der Waals surface area contributed by atoms with Crippen LogP contribution in [0.15, 0.2) is 0 Å². The van der Waals surface area contributed by atoms with Crippen LogP contribution in [0.5, 0.6) is 0 Å². The Morgan fingerprint density at radius 1 is 1.75 bits per heavy atom. The summed E-state index contributed by atoms with van der Waals surface area (Å²) in [4.78, 5) is 7.10. The molecule has 0 fully saturated rings. The van der Waals surface area contributed by atoms with E-state index in [1.165, 1.54) is 0 Å². The van der Waals surface area contributed by atoms with Crippen LogP contribution in [0.3, 0.4) is 0 Å². The second-order valence-corrected chi connectivity index (χ2v) is 0.316. The minimum Gasteiger partial charge on any atom is -0.348 e. The van der Waals surface area contributed by atoms with Gasteiger partial charge in [-0.15, -0.1) is 0 Å². The quantitative estimate of drug-likeness (QED) is 0.426. The molecule has 0 spiro atoms. The SMILES string of the molecule is C.O=[PH2]O. The van der Waals surface area contributed by atoms with E-state index in [1.54, 1.807) is 0 Å². The summed E-state index contributed by atoms with van der Waals surface area (Å²) in [6.07, 6.45) is 0. The van der Waals surface area contributed by atoms with Gasteiger partial charge in [-0.25, -0.2) is 0 Å². The van der Waals surface area contributed by atoms with Crippen LogP contribution in [0.4, 0.5) is 0 Å². The van der Waals surface area contributed by atoms with Crippen molar-refractivity contribution in [3.63, 3.8) is 0 Å². The Morgan fingerprint density at radius 3 is 1.75 bits per heavy atom. The summed E-state index contributed by atoms with van der Waals surface area (Å²) < 4.78 is 8.57. The topological polar surface area (TPSA) is 37.3 Å². The minimum absolute atomic E-state index is 0. The molecule has 0 amide bonds.